The molecule has 2 heteroatoms. The van der Waals surface area contributed by atoms with Crippen molar-refractivity contribution >= 4 is 0 Å². The maximum atomic E-state index is 6.17. The van der Waals surface area contributed by atoms with Gasteiger partial charge < -0.3 is 11.1 Å². The molecule has 0 saturated heterocycles. The predicted molar refractivity (Wildman–Crippen MR) is 64.8 cm³/mol. The van der Waals surface area contributed by atoms with Crippen LogP contribution in [0.5, 0.6) is 0 Å². The molecule has 88 valence electrons. The quantitative estimate of drug-likeness (QED) is 0.751. The summed E-state index contributed by atoms with van der Waals surface area (Å²) in [5.41, 5.74) is 6.59. The summed E-state index contributed by atoms with van der Waals surface area (Å²) in [6.45, 7) is 3.53. The van der Waals surface area contributed by atoms with Crippen LogP contribution in [0.15, 0.2) is 0 Å². The van der Waals surface area contributed by atoms with E-state index in [0.29, 0.717) is 11.6 Å². The second-order valence-corrected chi connectivity index (χ2v) is 5.86. The molecule has 0 aromatic carbocycles. The lowest BCUT2D eigenvalue weighted by Gasteiger charge is -2.33. The van der Waals surface area contributed by atoms with Gasteiger partial charge in [0.2, 0.25) is 0 Å². The van der Waals surface area contributed by atoms with Crippen LogP contribution >= 0.6 is 0 Å². The van der Waals surface area contributed by atoms with E-state index in [9.17, 15) is 0 Å². The standard InChI is InChI=1S/C13H26N2/c1-13(8-4-5-9-13)15-10-11-6-2-3-7-12(11)14/h11-12,15H,2-10,14H2,1H3. The molecule has 2 saturated carbocycles. The molecule has 0 aromatic heterocycles. The molecule has 2 atom stereocenters. The van der Waals surface area contributed by atoms with E-state index in [1.54, 1.807) is 0 Å². The number of rotatable bonds is 3. The van der Waals surface area contributed by atoms with E-state index in [2.05, 4.69) is 12.2 Å². The molecule has 2 unspecified atom stereocenters. The summed E-state index contributed by atoms with van der Waals surface area (Å²) in [4.78, 5) is 0. The lowest BCUT2D eigenvalue weighted by Crippen LogP contribution is -2.46. The number of hydrogen-bond donors (Lipinski definition) is 2. The van der Waals surface area contributed by atoms with Gasteiger partial charge in [0.1, 0.15) is 0 Å². The Morgan fingerprint density at radius 2 is 1.80 bits per heavy atom. The van der Waals surface area contributed by atoms with Crippen LogP contribution in [-0.2, 0) is 0 Å². The van der Waals surface area contributed by atoms with Gasteiger partial charge in [0.05, 0.1) is 0 Å². The highest BCUT2D eigenvalue weighted by Gasteiger charge is 2.30. The Bertz CT molecular complexity index is 197. The molecule has 0 aliphatic heterocycles. The van der Waals surface area contributed by atoms with Gasteiger partial charge in [-0.3, -0.25) is 0 Å². The molecule has 2 aliphatic carbocycles. The molecular formula is C13H26N2. The molecule has 0 radical (unpaired) electrons. The fourth-order valence-electron chi connectivity index (χ4n) is 3.20. The first-order chi connectivity index (χ1) is 7.20. The highest BCUT2D eigenvalue weighted by Crippen LogP contribution is 2.30. The summed E-state index contributed by atoms with van der Waals surface area (Å²) in [5, 5.41) is 3.78. The molecule has 2 aliphatic rings. The third-order valence-electron chi connectivity index (χ3n) is 4.47. The van der Waals surface area contributed by atoms with Crippen molar-refractivity contribution in [1.82, 2.24) is 5.32 Å². The van der Waals surface area contributed by atoms with Gasteiger partial charge in [-0.05, 0) is 45.1 Å². The van der Waals surface area contributed by atoms with E-state index in [1.807, 2.05) is 0 Å². The first kappa shape index (κ1) is 11.4. The van der Waals surface area contributed by atoms with Crippen LogP contribution in [0.2, 0.25) is 0 Å². The van der Waals surface area contributed by atoms with Crippen molar-refractivity contribution in [1.29, 1.82) is 0 Å². The van der Waals surface area contributed by atoms with Gasteiger partial charge in [-0.15, -0.1) is 0 Å². The van der Waals surface area contributed by atoms with Gasteiger partial charge in [-0.2, -0.15) is 0 Å². The Hall–Kier alpha value is -0.0800. The maximum Gasteiger partial charge on any atom is 0.0153 e. The number of nitrogens with two attached hydrogens (primary N) is 1. The van der Waals surface area contributed by atoms with Crippen molar-refractivity contribution in [2.45, 2.75) is 69.9 Å². The van der Waals surface area contributed by atoms with Crippen molar-refractivity contribution in [2.24, 2.45) is 11.7 Å². The van der Waals surface area contributed by atoms with E-state index < -0.39 is 0 Å². The SMILES string of the molecule is CC1(NCC2CCCCC2N)CCCC1. The summed E-state index contributed by atoms with van der Waals surface area (Å²) in [6, 6.07) is 0.455. The van der Waals surface area contributed by atoms with Crippen molar-refractivity contribution in [3.63, 3.8) is 0 Å². The first-order valence-corrected chi connectivity index (χ1v) is 6.70. The molecular weight excluding hydrogens is 184 g/mol. The van der Waals surface area contributed by atoms with Crippen LogP contribution in [-0.4, -0.2) is 18.1 Å². The van der Waals surface area contributed by atoms with Crippen molar-refractivity contribution < 1.29 is 0 Å². The maximum absolute atomic E-state index is 6.17. The van der Waals surface area contributed by atoms with Gasteiger partial charge in [-0.1, -0.05) is 25.7 Å². The lowest BCUT2D eigenvalue weighted by molar-refractivity contribution is 0.257. The number of nitrogens with one attached hydrogen (secondary N) is 1. The monoisotopic (exact) mass is 210 g/mol. The Morgan fingerprint density at radius 3 is 2.47 bits per heavy atom. The van der Waals surface area contributed by atoms with Gasteiger partial charge >= 0.3 is 0 Å². The summed E-state index contributed by atoms with van der Waals surface area (Å²) in [7, 11) is 0. The fourth-order valence-corrected chi connectivity index (χ4v) is 3.20. The van der Waals surface area contributed by atoms with Gasteiger partial charge in [0.25, 0.3) is 0 Å². The number of hydrogen-bond acceptors (Lipinski definition) is 2. The molecule has 0 spiro atoms. The molecule has 2 rings (SSSR count). The molecule has 0 bridgehead atoms. The highest BCUT2D eigenvalue weighted by atomic mass is 15.0. The van der Waals surface area contributed by atoms with Crippen LogP contribution in [0.3, 0.4) is 0 Å². The van der Waals surface area contributed by atoms with E-state index in [1.165, 1.54) is 51.4 Å². The largest absolute Gasteiger partial charge is 0.327 e. The van der Waals surface area contributed by atoms with Gasteiger partial charge in [0, 0.05) is 11.6 Å². The molecule has 15 heavy (non-hydrogen) atoms. The normalized spacial score (nSPS) is 35.6. The third-order valence-corrected chi connectivity index (χ3v) is 4.47. The van der Waals surface area contributed by atoms with Gasteiger partial charge in [-0.25, -0.2) is 0 Å². The molecule has 0 aromatic rings. The summed E-state index contributed by atoms with van der Waals surface area (Å²) in [5.74, 6) is 0.733. The highest BCUT2D eigenvalue weighted by molar-refractivity contribution is 4.90. The fraction of sp³-hybridized carbons (Fsp3) is 1.00. The van der Waals surface area contributed by atoms with Crippen molar-refractivity contribution in [3.05, 3.63) is 0 Å². The Labute approximate surface area is 94.0 Å². The van der Waals surface area contributed by atoms with E-state index >= 15 is 0 Å². The van der Waals surface area contributed by atoms with Crippen LogP contribution < -0.4 is 11.1 Å². The molecule has 0 amide bonds. The third kappa shape index (κ3) is 2.94. The lowest BCUT2D eigenvalue weighted by atomic mass is 9.84. The topological polar surface area (TPSA) is 38.0 Å². The predicted octanol–water partition coefficient (Wildman–Crippen LogP) is 2.43. The summed E-state index contributed by atoms with van der Waals surface area (Å²) < 4.78 is 0. The van der Waals surface area contributed by atoms with Crippen LogP contribution in [0, 0.1) is 5.92 Å². The molecule has 2 fully saturated rings. The minimum absolute atomic E-state index is 0.428. The summed E-state index contributed by atoms with van der Waals surface area (Å²) >= 11 is 0. The van der Waals surface area contributed by atoms with E-state index in [4.69, 9.17) is 5.73 Å². The zero-order valence-corrected chi connectivity index (χ0v) is 10.1. The Balaban J connectivity index is 1.76. The summed E-state index contributed by atoms with van der Waals surface area (Å²) in [6.07, 6.45) is 10.8. The smallest absolute Gasteiger partial charge is 0.0153 e. The zero-order valence-electron chi connectivity index (χ0n) is 10.1. The molecule has 2 nitrogen and oxygen atoms in total. The molecule has 0 heterocycles. The van der Waals surface area contributed by atoms with Crippen LogP contribution in [0.1, 0.15) is 58.3 Å². The van der Waals surface area contributed by atoms with Gasteiger partial charge in [0.15, 0.2) is 0 Å². The van der Waals surface area contributed by atoms with Crippen LogP contribution in [0.4, 0.5) is 0 Å². The first-order valence-electron chi connectivity index (χ1n) is 6.70. The zero-order chi connectivity index (χ0) is 10.7. The molecule has 3 N–H and O–H groups in total. The van der Waals surface area contributed by atoms with Crippen molar-refractivity contribution in [2.75, 3.05) is 6.54 Å². The minimum atomic E-state index is 0.428. The second-order valence-electron chi connectivity index (χ2n) is 5.86. The Morgan fingerprint density at radius 1 is 1.13 bits per heavy atom. The Kier molecular flexibility index (Phi) is 3.68. The second kappa shape index (κ2) is 4.84. The van der Waals surface area contributed by atoms with E-state index in [-0.39, 0.29) is 0 Å². The average Bonchev–Trinajstić information content (AvgIpc) is 2.65. The minimum Gasteiger partial charge on any atom is -0.327 e. The van der Waals surface area contributed by atoms with E-state index in [0.717, 1.165) is 12.5 Å². The average molecular weight is 210 g/mol. The van der Waals surface area contributed by atoms with Crippen LogP contribution in [0.25, 0.3) is 0 Å². The van der Waals surface area contributed by atoms with Crippen molar-refractivity contribution in [3.8, 4) is 0 Å².